The highest BCUT2D eigenvalue weighted by molar-refractivity contribution is 5.99. The number of carbonyl (C=O) groups excluding carboxylic acids is 1. The van der Waals surface area contributed by atoms with Crippen LogP contribution in [0.15, 0.2) is 29.3 Å². The summed E-state index contributed by atoms with van der Waals surface area (Å²) in [5.74, 6) is 1.01. The van der Waals surface area contributed by atoms with Crippen LogP contribution in [0.4, 0.5) is 4.79 Å². The topological polar surface area (TPSA) is 103 Å². The van der Waals surface area contributed by atoms with Crippen LogP contribution in [0.5, 0.6) is 0 Å². The molecule has 25 heavy (non-hydrogen) atoms. The predicted molar refractivity (Wildman–Crippen MR) is 97.1 cm³/mol. The molecule has 0 bridgehead atoms. The summed E-state index contributed by atoms with van der Waals surface area (Å²) < 4.78 is 0. The number of nitrogens with zero attached hydrogens (tertiary/aromatic N) is 1. The molecule has 0 aliphatic carbocycles. The highest BCUT2D eigenvalue weighted by Crippen LogP contribution is 2.07. The lowest BCUT2D eigenvalue weighted by Gasteiger charge is -2.07. The summed E-state index contributed by atoms with van der Waals surface area (Å²) in [6.45, 7) is 2.80. The van der Waals surface area contributed by atoms with Gasteiger partial charge in [0, 0.05) is 31.6 Å². The van der Waals surface area contributed by atoms with Gasteiger partial charge in [0.15, 0.2) is 0 Å². The maximum Gasteiger partial charge on any atom is 0.404 e. The van der Waals surface area contributed by atoms with E-state index in [9.17, 15) is 9.59 Å². The maximum atomic E-state index is 11.8. The quantitative estimate of drug-likeness (QED) is 0.482. The monoisotopic (exact) mass is 346 g/mol. The third-order valence-electron chi connectivity index (χ3n) is 3.99. The molecule has 0 saturated heterocycles. The summed E-state index contributed by atoms with van der Waals surface area (Å²) in [4.78, 5) is 26.4. The highest BCUT2D eigenvalue weighted by atomic mass is 16.4. The Morgan fingerprint density at radius 2 is 1.88 bits per heavy atom. The Morgan fingerprint density at radius 1 is 1.08 bits per heavy atom. The second kappa shape index (κ2) is 10.3. The number of amides is 2. The van der Waals surface area contributed by atoms with Crippen LogP contribution in [-0.2, 0) is 11.2 Å². The van der Waals surface area contributed by atoms with Crippen LogP contribution in [0.2, 0.25) is 0 Å². The molecule has 2 amide bonds. The van der Waals surface area contributed by atoms with Crippen molar-refractivity contribution in [3.05, 3.63) is 35.4 Å². The smallest absolute Gasteiger partial charge is 0.404 e. The first-order chi connectivity index (χ1) is 12.1. The number of rotatable bonds is 10. The van der Waals surface area contributed by atoms with Gasteiger partial charge < -0.3 is 21.1 Å². The molecule has 0 spiro atoms. The molecule has 0 aromatic heterocycles. The maximum absolute atomic E-state index is 11.8. The van der Waals surface area contributed by atoms with Crippen molar-refractivity contribution in [3.8, 4) is 0 Å². The highest BCUT2D eigenvalue weighted by Gasteiger charge is 2.07. The molecule has 2 rings (SSSR count). The van der Waals surface area contributed by atoms with Gasteiger partial charge in [0.2, 0.25) is 5.91 Å². The van der Waals surface area contributed by atoms with Crippen LogP contribution in [-0.4, -0.2) is 49.1 Å². The summed E-state index contributed by atoms with van der Waals surface area (Å²) in [5, 5.41) is 16.9. The molecule has 1 heterocycles. The first kappa shape index (κ1) is 18.8. The largest absolute Gasteiger partial charge is 0.465 e. The van der Waals surface area contributed by atoms with E-state index in [1.807, 2.05) is 0 Å². The number of aliphatic imine (C=N–C) groups is 1. The molecule has 1 aliphatic rings. The van der Waals surface area contributed by atoms with Crippen LogP contribution >= 0.6 is 0 Å². The van der Waals surface area contributed by atoms with Crippen LogP contribution in [0, 0.1) is 0 Å². The van der Waals surface area contributed by atoms with Crippen molar-refractivity contribution in [3.63, 3.8) is 0 Å². The number of carbonyl (C=O) groups is 2. The molecule has 0 fully saturated rings. The first-order valence-electron chi connectivity index (χ1n) is 8.76. The Morgan fingerprint density at radius 3 is 2.56 bits per heavy atom. The Bertz CT molecular complexity index is 599. The van der Waals surface area contributed by atoms with E-state index in [4.69, 9.17) is 5.11 Å². The first-order valence-corrected chi connectivity index (χ1v) is 8.76. The minimum Gasteiger partial charge on any atom is -0.465 e. The van der Waals surface area contributed by atoms with E-state index >= 15 is 0 Å². The third-order valence-corrected chi connectivity index (χ3v) is 3.99. The fraction of sp³-hybridized carbons (Fsp3) is 0.500. The lowest BCUT2D eigenvalue weighted by Crippen LogP contribution is -2.25. The number of amidine groups is 1. The Labute approximate surface area is 147 Å². The average Bonchev–Trinajstić information content (AvgIpc) is 3.13. The molecule has 136 valence electrons. The predicted octanol–water partition coefficient (Wildman–Crippen LogP) is 1.52. The molecule has 7 nitrogen and oxygen atoms in total. The number of unbranched alkanes of at least 4 members (excludes halogenated alkanes) is 2. The zero-order valence-corrected chi connectivity index (χ0v) is 14.4. The third kappa shape index (κ3) is 7.24. The molecule has 1 aromatic carbocycles. The minimum atomic E-state index is -1.00. The summed E-state index contributed by atoms with van der Waals surface area (Å²) in [6.07, 6.45) is 2.65. The van der Waals surface area contributed by atoms with Gasteiger partial charge in [-0.05, 0) is 24.8 Å². The molecular weight excluding hydrogens is 320 g/mol. The van der Waals surface area contributed by atoms with Crippen LogP contribution in [0.1, 0.15) is 36.8 Å². The van der Waals surface area contributed by atoms with E-state index in [-0.39, 0.29) is 5.91 Å². The summed E-state index contributed by atoms with van der Waals surface area (Å²) in [7, 11) is 0. The van der Waals surface area contributed by atoms with Crippen molar-refractivity contribution in [2.24, 2.45) is 4.99 Å². The summed E-state index contributed by atoms with van der Waals surface area (Å²) in [5.41, 5.74) is 2.28. The van der Waals surface area contributed by atoms with Gasteiger partial charge >= 0.3 is 6.09 Å². The molecule has 0 unspecified atom stereocenters. The number of carboxylic acid groups (broad SMARTS) is 1. The van der Waals surface area contributed by atoms with Crippen molar-refractivity contribution in [1.82, 2.24) is 16.0 Å². The van der Waals surface area contributed by atoms with Gasteiger partial charge in [-0.15, -0.1) is 0 Å². The fourth-order valence-electron chi connectivity index (χ4n) is 2.64. The normalized spacial score (nSPS) is 13.0. The zero-order chi connectivity index (χ0) is 17.9. The molecule has 0 saturated carbocycles. The second-order valence-electron chi connectivity index (χ2n) is 6.00. The second-order valence-corrected chi connectivity index (χ2v) is 6.00. The molecule has 7 heteroatoms. The van der Waals surface area contributed by atoms with Crippen LogP contribution in [0.25, 0.3) is 0 Å². The lowest BCUT2D eigenvalue weighted by atomic mass is 10.1. The van der Waals surface area contributed by atoms with E-state index in [0.717, 1.165) is 50.2 Å². The lowest BCUT2D eigenvalue weighted by molar-refractivity contribution is -0.121. The molecule has 0 atom stereocenters. The van der Waals surface area contributed by atoms with Gasteiger partial charge in [-0.1, -0.05) is 30.7 Å². The van der Waals surface area contributed by atoms with E-state index < -0.39 is 6.09 Å². The van der Waals surface area contributed by atoms with E-state index in [2.05, 4.69) is 45.2 Å². The number of hydrogen-bond donors (Lipinski definition) is 4. The van der Waals surface area contributed by atoms with E-state index in [1.54, 1.807) is 0 Å². The fourth-order valence-corrected chi connectivity index (χ4v) is 2.64. The number of nitrogens with one attached hydrogen (secondary N) is 3. The number of benzene rings is 1. The Balaban J connectivity index is 1.55. The number of hydrogen-bond acceptors (Lipinski definition) is 4. The van der Waals surface area contributed by atoms with Crippen LogP contribution < -0.4 is 16.0 Å². The molecule has 1 aliphatic heterocycles. The minimum absolute atomic E-state index is 0.0484. The Kier molecular flexibility index (Phi) is 7.75. The van der Waals surface area contributed by atoms with Crippen molar-refractivity contribution < 1.29 is 14.7 Å². The molecule has 4 N–H and O–H groups in total. The molecule has 0 radical (unpaired) electrons. The van der Waals surface area contributed by atoms with Gasteiger partial charge in [0.05, 0.1) is 6.54 Å². The van der Waals surface area contributed by atoms with Gasteiger partial charge in [-0.3, -0.25) is 9.79 Å². The van der Waals surface area contributed by atoms with Crippen LogP contribution in [0.3, 0.4) is 0 Å². The summed E-state index contributed by atoms with van der Waals surface area (Å²) in [6, 6.07) is 8.25. The standard InChI is InChI=1S/C18H26N4O3/c23-16(4-2-1-3-10-22-18(24)25)19-11-9-14-5-7-15(8-6-14)17-20-12-13-21-17/h5-8,22H,1-4,9-13H2,(H,19,23)(H,20,21)(H,24,25). The van der Waals surface area contributed by atoms with E-state index in [0.29, 0.717) is 19.5 Å². The average molecular weight is 346 g/mol. The zero-order valence-electron chi connectivity index (χ0n) is 14.4. The molecular formula is C18H26N4O3. The van der Waals surface area contributed by atoms with Crippen molar-refractivity contribution >= 4 is 17.8 Å². The van der Waals surface area contributed by atoms with Gasteiger partial charge in [0.25, 0.3) is 0 Å². The van der Waals surface area contributed by atoms with Crippen molar-refractivity contribution in [1.29, 1.82) is 0 Å². The van der Waals surface area contributed by atoms with Crippen molar-refractivity contribution in [2.75, 3.05) is 26.2 Å². The molecule has 1 aromatic rings. The van der Waals surface area contributed by atoms with Gasteiger partial charge in [0.1, 0.15) is 5.84 Å². The van der Waals surface area contributed by atoms with Gasteiger partial charge in [-0.2, -0.15) is 0 Å². The van der Waals surface area contributed by atoms with Crippen molar-refractivity contribution in [2.45, 2.75) is 32.1 Å². The Hall–Kier alpha value is -2.57. The SMILES string of the molecule is O=C(O)NCCCCCC(=O)NCCc1ccc(C2=NCCN2)cc1. The van der Waals surface area contributed by atoms with Gasteiger partial charge in [-0.25, -0.2) is 4.79 Å². The van der Waals surface area contributed by atoms with E-state index in [1.165, 1.54) is 5.56 Å². The summed E-state index contributed by atoms with van der Waals surface area (Å²) >= 11 is 0.